The third kappa shape index (κ3) is 8.82. The summed E-state index contributed by atoms with van der Waals surface area (Å²) in [7, 11) is 0. The molecule has 6 heavy (non-hydrogen) atoms. The molecule has 0 aliphatic carbocycles. The van der Waals surface area contributed by atoms with Gasteiger partial charge in [0.1, 0.15) is 0 Å². The Kier molecular flexibility index (Phi) is 8.82. The Bertz CT molecular complexity index is 22.8. The van der Waals surface area contributed by atoms with Crippen LogP contribution in [0, 0.1) is 6.92 Å². The monoisotopic (exact) mass is 151 g/mol. The van der Waals surface area contributed by atoms with Gasteiger partial charge in [0.25, 0.3) is 0 Å². The van der Waals surface area contributed by atoms with E-state index in [1.165, 1.54) is 0 Å². The fraction of sp³-hybridized carbons (Fsp3) is 0.667. The normalized spacial score (nSPS) is 8.00. The van der Waals surface area contributed by atoms with Crippen LogP contribution in [0.4, 0.5) is 0 Å². The Morgan fingerprint density at radius 1 is 1.50 bits per heavy atom. The van der Waals surface area contributed by atoms with Gasteiger partial charge >= 0.3 is 17.6 Å². The van der Waals surface area contributed by atoms with Crippen LogP contribution in [0.15, 0.2) is 0 Å². The summed E-state index contributed by atoms with van der Waals surface area (Å²) in [5.41, 5.74) is 10.0. The molecule has 0 spiro atoms. The van der Waals surface area contributed by atoms with Gasteiger partial charge in [0.2, 0.25) is 0 Å². The molecule has 0 fully saturated rings. The van der Waals surface area contributed by atoms with E-state index < -0.39 is 0 Å². The van der Waals surface area contributed by atoms with Crippen LogP contribution in [-0.4, -0.2) is 23.8 Å². The van der Waals surface area contributed by atoms with Crippen LogP contribution < -0.4 is 11.5 Å². The molecule has 1 radical (unpaired) electrons. The summed E-state index contributed by atoms with van der Waals surface area (Å²) in [6.45, 7) is 3.44. The summed E-state index contributed by atoms with van der Waals surface area (Å²) in [4.78, 5) is 0. The van der Waals surface area contributed by atoms with Gasteiger partial charge in [0.15, 0.2) is 0 Å². The van der Waals surface area contributed by atoms with Gasteiger partial charge in [-0.3, -0.25) is 0 Å². The number of rotatable bonds is 1. The molecule has 2 nitrogen and oxygen atoms in total. The van der Waals surface area contributed by atoms with Gasteiger partial charge < -0.3 is 11.5 Å². The maximum atomic E-state index is 5.01. The van der Waals surface area contributed by atoms with Crippen molar-refractivity contribution in [1.29, 1.82) is 0 Å². The predicted molar refractivity (Wildman–Crippen MR) is 33.5 cm³/mol. The second-order valence-electron chi connectivity index (χ2n) is 0.953. The zero-order valence-corrected chi connectivity index (χ0v) is 3.15. The van der Waals surface area contributed by atoms with Gasteiger partial charge in [-0.05, 0) is 6.42 Å². The third-order valence-electron chi connectivity index (χ3n) is 0.333. The van der Waals surface area contributed by atoms with E-state index in [9.17, 15) is 0 Å². The summed E-state index contributed by atoms with van der Waals surface area (Å²) in [6.07, 6.45) is 0.384. The molecule has 0 aromatic heterocycles. The van der Waals surface area contributed by atoms with Gasteiger partial charge in [0, 0.05) is 0 Å². The first-order valence-corrected chi connectivity index (χ1v) is 1.57. The minimum atomic E-state index is -0.227. The third-order valence-corrected chi connectivity index (χ3v) is 0.333. The van der Waals surface area contributed by atoms with Crippen molar-refractivity contribution in [1.82, 2.24) is 0 Å². The number of hydrogen-bond acceptors (Lipinski definition) is 2. The first kappa shape index (κ1) is 9.68. The molecule has 0 amide bonds. The number of nitrogens with two attached hydrogens (primary N) is 2. The van der Waals surface area contributed by atoms with Crippen LogP contribution in [0.3, 0.4) is 0 Å². The Labute approximate surface area is 49.2 Å². The first-order valence-electron chi connectivity index (χ1n) is 1.57. The van der Waals surface area contributed by atoms with Crippen LogP contribution in [0.5, 0.6) is 0 Å². The minimum absolute atomic E-state index is 0. The second-order valence-corrected chi connectivity index (χ2v) is 0.953. The van der Waals surface area contributed by atoms with Gasteiger partial charge in [-0.25, -0.2) is 0 Å². The van der Waals surface area contributed by atoms with E-state index in [0.29, 0.717) is 6.42 Å². The Morgan fingerprint density at radius 2 is 1.67 bits per heavy atom. The Morgan fingerprint density at radius 3 is 1.67 bits per heavy atom. The van der Waals surface area contributed by atoms with Crippen molar-refractivity contribution in [3.63, 3.8) is 0 Å². The van der Waals surface area contributed by atoms with E-state index in [4.69, 9.17) is 11.5 Å². The molecule has 0 aliphatic rings. The molecular formula is C3H13GeN2. The standard InChI is InChI=1S/C3H9N2.GeH4/c1-2-3(4)5;/h3H,1-2,4-5H2;1H4. The van der Waals surface area contributed by atoms with Crippen molar-refractivity contribution in [3.8, 4) is 0 Å². The fourth-order valence-corrected chi connectivity index (χ4v) is 0. The Hall–Kier alpha value is 0.463. The molecule has 0 atom stereocenters. The predicted octanol–water partition coefficient (Wildman–Crippen LogP) is -2.00. The molecule has 0 bridgehead atoms. The van der Waals surface area contributed by atoms with E-state index in [1.54, 1.807) is 0 Å². The van der Waals surface area contributed by atoms with Crippen LogP contribution in [0.25, 0.3) is 0 Å². The topological polar surface area (TPSA) is 52.0 Å². The fourth-order valence-electron chi connectivity index (χ4n) is 0. The molecule has 0 heterocycles. The molecule has 3 heteroatoms. The zero-order valence-electron chi connectivity index (χ0n) is 3.15. The Balaban J connectivity index is 0. The first-order chi connectivity index (χ1) is 2.27. The summed E-state index contributed by atoms with van der Waals surface area (Å²) in [6, 6.07) is 0. The van der Waals surface area contributed by atoms with Crippen molar-refractivity contribution in [3.05, 3.63) is 6.92 Å². The molecule has 0 saturated heterocycles. The van der Waals surface area contributed by atoms with E-state index in [2.05, 4.69) is 6.92 Å². The van der Waals surface area contributed by atoms with Crippen molar-refractivity contribution in [2.45, 2.75) is 12.6 Å². The molecule has 0 unspecified atom stereocenters. The van der Waals surface area contributed by atoms with Crippen molar-refractivity contribution < 1.29 is 0 Å². The molecule has 0 rings (SSSR count). The molecule has 39 valence electrons. The molecule has 0 aliphatic heterocycles. The van der Waals surface area contributed by atoms with E-state index in [0.717, 1.165) is 0 Å². The second kappa shape index (κ2) is 5.46. The average Bonchev–Trinajstić information content (AvgIpc) is 1.38. The van der Waals surface area contributed by atoms with Crippen LogP contribution >= 0.6 is 0 Å². The molecular weight excluding hydrogens is 137 g/mol. The van der Waals surface area contributed by atoms with Gasteiger partial charge in [0.05, 0.1) is 6.17 Å². The molecule has 0 aromatic rings. The number of hydrogen-bond donors (Lipinski definition) is 2. The van der Waals surface area contributed by atoms with Crippen LogP contribution in [-0.2, 0) is 0 Å². The van der Waals surface area contributed by atoms with Gasteiger partial charge in [-0.15, -0.1) is 0 Å². The summed E-state index contributed by atoms with van der Waals surface area (Å²) in [5.74, 6) is 0. The average molecular weight is 150 g/mol. The van der Waals surface area contributed by atoms with Crippen LogP contribution in [0.1, 0.15) is 6.42 Å². The quantitative estimate of drug-likeness (QED) is 0.335. The van der Waals surface area contributed by atoms with Crippen molar-refractivity contribution >= 4 is 17.6 Å². The molecule has 0 aromatic carbocycles. The van der Waals surface area contributed by atoms with Gasteiger partial charge in [-0.1, -0.05) is 6.92 Å². The SMILES string of the molecule is [CH2]CC(N)N.[GeH4]. The summed E-state index contributed by atoms with van der Waals surface area (Å²) in [5, 5.41) is 0. The van der Waals surface area contributed by atoms with E-state index >= 15 is 0 Å². The van der Waals surface area contributed by atoms with Gasteiger partial charge in [-0.2, -0.15) is 0 Å². The molecule has 4 N–H and O–H groups in total. The van der Waals surface area contributed by atoms with Crippen molar-refractivity contribution in [2.24, 2.45) is 11.5 Å². The summed E-state index contributed by atoms with van der Waals surface area (Å²) < 4.78 is 0. The molecule has 0 saturated carbocycles. The van der Waals surface area contributed by atoms with Crippen molar-refractivity contribution in [2.75, 3.05) is 0 Å². The van der Waals surface area contributed by atoms with Crippen LogP contribution in [0.2, 0.25) is 0 Å². The van der Waals surface area contributed by atoms with E-state index in [1.807, 2.05) is 0 Å². The maximum absolute atomic E-state index is 5.01. The summed E-state index contributed by atoms with van der Waals surface area (Å²) >= 11 is 0. The zero-order chi connectivity index (χ0) is 4.28. The van der Waals surface area contributed by atoms with E-state index in [-0.39, 0.29) is 23.8 Å².